The Labute approximate surface area is 114 Å². The molecule has 1 saturated carbocycles. The lowest BCUT2D eigenvalue weighted by molar-refractivity contribution is -0.116. The van der Waals surface area contributed by atoms with Crippen LogP contribution in [0.3, 0.4) is 0 Å². The first-order chi connectivity index (χ1) is 9.56. The maximum Gasteiger partial charge on any atom is 0.344 e. The summed E-state index contributed by atoms with van der Waals surface area (Å²) in [7, 11) is 0. The summed E-state index contributed by atoms with van der Waals surface area (Å²) >= 11 is 0. The molecule has 0 heterocycles. The topological polar surface area (TPSA) is 26.3 Å². The van der Waals surface area contributed by atoms with Gasteiger partial charge in [0.25, 0.3) is 0 Å². The van der Waals surface area contributed by atoms with Crippen molar-refractivity contribution in [3.63, 3.8) is 0 Å². The molecule has 0 N–H and O–H groups in total. The molecule has 1 aliphatic carbocycles. The van der Waals surface area contributed by atoms with Gasteiger partial charge in [-0.15, -0.1) is 0 Å². The number of ether oxygens (including phenoxy) is 1. The highest BCUT2D eigenvalue weighted by Crippen LogP contribution is 2.24. The van der Waals surface area contributed by atoms with E-state index in [1.54, 1.807) is 18.2 Å². The number of benzene rings is 1. The van der Waals surface area contributed by atoms with Gasteiger partial charge in [-0.3, -0.25) is 4.79 Å². The molecule has 0 unspecified atom stereocenters. The third kappa shape index (κ3) is 3.73. The molecular formula is C15H13F3O2. The second-order valence-electron chi connectivity index (χ2n) is 4.51. The van der Waals surface area contributed by atoms with Crippen LogP contribution in [0.1, 0.15) is 31.2 Å². The molecule has 5 heteroatoms. The fourth-order valence-corrected chi connectivity index (χ4v) is 2.03. The SMILES string of the molecule is O=C1CCCC/C1=C/c1ccc(OC(F)=C(F)F)cc1. The monoisotopic (exact) mass is 282 g/mol. The quantitative estimate of drug-likeness (QED) is 0.597. The van der Waals surface area contributed by atoms with Crippen LogP contribution in [0.5, 0.6) is 5.75 Å². The predicted octanol–water partition coefficient (Wildman–Crippen LogP) is 4.63. The second-order valence-corrected chi connectivity index (χ2v) is 4.51. The van der Waals surface area contributed by atoms with Crippen molar-refractivity contribution < 1.29 is 22.7 Å². The minimum Gasteiger partial charge on any atom is -0.428 e. The van der Waals surface area contributed by atoms with E-state index in [0.29, 0.717) is 6.42 Å². The van der Waals surface area contributed by atoms with Gasteiger partial charge in [0.1, 0.15) is 5.75 Å². The molecule has 1 aromatic rings. The zero-order chi connectivity index (χ0) is 14.5. The number of hydrogen-bond acceptors (Lipinski definition) is 2. The van der Waals surface area contributed by atoms with Crippen LogP contribution in [-0.4, -0.2) is 5.78 Å². The fourth-order valence-electron chi connectivity index (χ4n) is 2.03. The van der Waals surface area contributed by atoms with Crippen molar-refractivity contribution in [2.45, 2.75) is 25.7 Å². The minimum atomic E-state index is -2.50. The van der Waals surface area contributed by atoms with E-state index in [0.717, 1.165) is 30.4 Å². The first-order valence-electron chi connectivity index (χ1n) is 6.29. The number of ketones is 1. The first kappa shape index (κ1) is 14.4. The maximum atomic E-state index is 12.6. The summed E-state index contributed by atoms with van der Waals surface area (Å²) in [6.45, 7) is 0. The number of allylic oxidation sites excluding steroid dienone is 1. The van der Waals surface area contributed by atoms with Gasteiger partial charge in [-0.1, -0.05) is 12.1 Å². The highest BCUT2D eigenvalue weighted by atomic mass is 19.3. The van der Waals surface area contributed by atoms with Gasteiger partial charge in [-0.25, -0.2) is 0 Å². The Morgan fingerprint density at radius 2 is 1.70 bits per heavy atom. The Morgan fingerprint density at radius 1 is 1.05 bits per heavy atom. The molecule has 1 fully saturated rings. The van der Waals surface area contributed by atoms with E-state index in [2.05, 4.69) is 4.74 Å². The summed E-state index contributed by atoms with van der Waals surface area (Å²) in [4.78, 5) is 11.7. The van der Waals surface area contributed by atoms with E-state index in [1.165, 1.54) is 12.1 Å². The lowest BCUT2D eigenvalue weighted by Gasteiger charge is -2.12. The molecule has 0 amide bonds. The summed E-state index contributed by atoms with van der Waals surface area (Å²) in [5, 5.41) is 0. The lowest BCUT2D eigenvalue weighted by atomic mass is 9.92. The van der Waals surface area contributed by atoms with Crippen molar-refractivity contribution in [3.05, 3.63) is 47.5 Å². The molecule has 20 heavy (non-hydrogen) atoms. The van der Waals surface area contributed by atoms with E-state index in [1.807, 2.05) is 0 Å². The molecule has 1 aliphatic rings. The summed E-state index contributed by atoms with van der Waals surface area (Å²) in [5.74, 6) is 0.123. The molecule has 0 aliphatic heterocycles. The molecule has 1 aromatic carbocycles. The van der Waals surface area contributed by atoms with Crippen LogP contribution >= 0.6 is 0 Å². The Balaban J connectivity index is 2.10. The minimum absolute atomic E-state index is 0.0209. The van der Waals surface area contributed by atoms with Crippen LogP contribution in [0.4, 0.5) is 13.2 Å². The first-order valence-corrected chi connectivity index (χ1v) is 6.29. The number of halogens is 3. The molecule has 0 spiro atoms. The summed E-state index contributed by atoms with van der Waals surface area (Å²) in [5.41, 5.74) is 1.53. The van der Waals surface area contributed by atoms with Gasteiger partial charge in [0.15, 0.2) is 5.78 Å². The van der Waals surface area contributed by atoms with E-state index in [-0.39, 0.29) is 11.5 Å². The molecule has 0 radical (unpaired) electrons. The number of carbonyl (C=O) groups is 1. The Morgan fingerprint density at radius 3 is 2.30 bits per heavy atom. The number of hydrogen-bond donors (Lipinski definition) is 0. The van der Waals surface area contributed by atoms with Crippen LogP contribution in [-0.2, 0) is 4.79 Å². The van der Waals surface area contributed by atoms with Gasteiger partial charge in [0, 0.05) is 6.42 Å². The molecule has 0 bridgehead atoms. The normalized spacial score (nSPS) is 17.1. The van der Waals surface area contributed by atoms with E-state index in [4.69, 9.17) is 0 Å². The Bertz CT molecular complexity index is 555. The Hall–Kier alpha value is -2.04. The van der Waals surface area contributed by atoms with Crippen molar-refractivity contribution in [1.82, 2.24) is 0 Å². The molecule has 0 atom stereocenters. The van der Waals surface area contributed by atoms with Gasteiger partial charge in [-0.2, -0.15) is 13.2 Å². The summed E-state index contributed by atoms with van der Waals surface area (Å²) in [6, 6.07) is 4.03. The Kier molecular flexibility index (Phi) is 4.61. The third-order valence-corrected chi connectivity index (χ3v) is 3.04. The number of rotatable bonds is 3. The van der Waals surface area contributed by atoms with Crippen molar-refractivity contribution in [2.24, 2.45) is 0 Å². The van der Waals surface area contributed by atoms with E-state index in [9.17, 15) is 18.0 Å². The highest BCUT2D eigenvalue weighted by molar-refractivity contribution is 6.00. The van der Waals surface area contributed by atoms with Crippen LogP contribution in [0.15, 0.2) is 41.9 Å². The smallest absolute Gasteiger partial charge is 0.344 e. The zero-order valence-corrected chi connectivity index (χ0v) is 10.7. The van der Waals surface area contributed by atoms with Crippen molar-refractivity contribution in [2.75, 3.05) is 0 Å². The lowest BCUT2D eigenvalue weighted by Crippen LogP contribution is -2.07. The van der Waals surface area contributed by atoms with Crippen LogP contribution in [0.2, 0.25) is 0 Å². The fraction of sp³-hybridized carbons (Fsp3) is 0.267. The average Bonchev–Trinajstić information content (AvgIpc) is 2.43. The van der Waals surface area contributed by atoms with E-state index < -0.39 is 12.1 Å². The largest absolute Gasteiger partial charge is 0.428 e. The van der Waals surface area contributed by atoms with Gasteiger partial charge in [0.2, 0.25) is 0 Å². The van der Waals surface area contributed by atoms with Crippen molar-refractivity contribution >= 4 is 11.9 Å². The zero-order valence-electron chi connectivity index (χ0n) is 10.7. The number of carbonyl (C=O) groups excluding carboxylic acids is 1. The van der Waals surface area contributed by atoms with Gasteiger partial charge in [0.05, 0.1) is 0 Å². The van der Waals surface area contributed by atoms with Gasteiger partial charge >= 0.3 is 12.1 Å². The van der Waals surface area contributed by atoms with Crippen LogP contribution in [0.25, 0.3) is 6.08 Å². The van der Waals surface area contributed by atoms with Crippen LogP contribution in [0, 0.1) is 0 Å². The standard InChI is InChI=1S/C15H13F3O2/c16-14(17)15(18)20-12-7-5-10(6-8-12)9-11-3-1-2-4-13(11)19/h5-9H,1-4H2/b11-9-. The third-order valence-electron chi connectivity index (χ3n) is 3.04. The molecule has 2 nitrogen and oxygen atoms in total. The predicted molar refractivity (Wildman–Crippen MR) is 68.9 cm³/mol. The summed E-state index contributed by atoms with van der Waals surface area (Å²) in [6.07, 6.45) is 2.51. The summed E-state index contributed by atoms with van der Waals surface area (Å²) < 4.78 is 40.7. The highest BCUT2D eigenvalue weighted by Gasteiger charge is 2.14. The average molecular weight is 282 g/mol. The van der Waals surface area contributed by atoms with Crippen molar-refractivity contribution in [3.8, 4) is 5.75 Å². The molecular weight excluding hydrogens is 269 g/mol. The van der Waals surface area contributed by atoms with Crippen LogP contribution < -0.4 is 4.74 Å². The van der Waals surface area contributed by atoms with E-state index >= 15 is 0 Å². The number of Topliss-reactive ketones (excluding diaryl/α,β-unsaturated/α-hetero) is 1. The van der Waals surface area contributed by atoms with Crippen molar-refractivity contribution in [1.29, 1.82) is 0 Å². The molecule has 2 rings (SSSR count). The molecule has 106 valence electrons. The van der Waals surface area contributed by atoms with Gasteiger partial charge < -0.3 is 4.74 Å². The molecule has 0 aromatic heterocycles. The maximum absolute atomic E-state index is 12.6. The van der Waals surface area contributed by atoms with Gasteiger partial charge in [-0.05, 0) is 48.6 Å². The molecule has 0 saturated heterocycles. The second kappa shape index (κ2) is 6.41.